The van der Waals surface area contributed by atoms with E-state index in [0.29, 0.717) is 0 Å². The van der Waals surface area contributed by atoms with Gasteiger partial charge in [-0.25, -0.2) is 13.4 Å². The van der Waals surface area contributed by atoms with Gasteiger partial charge in [-0.15, -0.1) is 13.2 Å². The molecule has 128 valence electrons. The number of hydrogen-bond acceptors (Lipinski definition) is 6. The summed E-state index contributed by atoms with van der Waals surface area (Å²) in [5.41, 5.74) is -0.543. The molecule has 0 saturated carbocycles. The second-order valence-electron chi connectivity index (χ2n) is 4.54. The molecule has 1 heterocycles. The van der Waals surface area contributed by atoms with Gasteiger partial charge < -0.3 is 4.74 Å². The predicted molar refractivity (Wildman–Crippen MR) is 74.9 cm³/mol. The fraction of sp³-hybridized carbons (Fsp3) is 0.154. The summed E-state index contributed by atoms with van der Waals surface area (Å²) in [5, 5.41) is 10.2. The smallest absolute Gasteiger partial charge is 0.406 e. The fourth-order valence-corrected chi connectivity index (χ4v) is 3.29. The summed E-state index contributed by atoms with van der Waals surface area (Å²) >= 11 is 0. The topological polar surface area (TPSA) is 99.4 Å². The first-order valence-electron chi connectivity index (χ1n) is 6.25. The first-order chi connectivity index (χ1) is 11.1. The zero-order chi connectivity index (χ0) is 18.0. The van der Waals surface area contributed by atoms with Gasteiger partial charge in [-0.05, 0) is 23.8 Å². The van der Waals surface area contributed by atoms with Gasteiger partial charge in [-0.3, -0.25) is 10.1 Å². The van der Waals surface area contributed by atoms with Crippen molar-refractivity contribution in [3.8, 4) is 5.75 Å². The van der Waals surface area contributed by atoms with E-state index in [9.17, 15) is 31.7 Å². The Balaban J connectivity index is 2.26. The van der Waals surface area contributed by atoms with Crippen LogP contribution in [0, 0.1) is 10.1 Å². The highest BCUT2D eigenvalue weighted by molar-refractivity contribution is 7.90. The molecule has 2 rings (SSSR count). The van der Waals surface area contributed by atoms with Gasteiger partial charge in [0.2, 0.25) is 14.9 Å². The summed E-state index contributed by atoms with van der Waals surface area (Å²) in [6.45, 7) is 0. The zero-order valence-electron chi connectivity index (χ0n) is 11.7. The van der Waals surface area contributed by atoms with Gasteiger partial charge in [0, 0.05) is 12.3 Å². The van der Waals surface area contributed by atoms with Crippen LogP contribution in [0.3, 0.4) is 0 Å². The molecule has 0 aliphatic rings. The standard InChI is InChI=1S/C13H9F3N2O5S/c14-13(15,16)23-10-5-3-9(4-6-10)8-24(21,22)12-11(18(19)20)2-1-7-17-12/h1-7H,8H2. The summed E-state index contributed by atoms with van der Waals surface area (Å²) in [7, 11) is -4.15. The van der Waals surface area contributed by atoms with Gasteiger partial charge in [0.25, 0.3) is 0 Å². The summed E-state index contributed by atoms with van der Waals surface area (Å²) in [6.07, 6.45) is -3.76. The van der Waals surface area contributed by atoms with Crippen LogP contribution in [-0.2, 0) is 15.6 Å². The van der Waals surface area contributed by atoms with Crippen molar-refractivity contribution in [2.24, 2.45) is 0 Å². The number of ether oxygens (including phenoxy) is 1. The third-order valence-corrected chi connectivity index (χ3v) is 4.37. The number of benzene rings is 1. The lowest BCUT2D eigenvalue weighted by atomic mass is 10.2. The normalized spacial score (nSPS) is 12.0. The number of hydrogen-bond donors (Lipinski definition) is 0. The molecule has 7 nitrogen and oxygen atoms in total. The SMILES string of the molecule is O=[N+]([O-])c1cccnc1S(=O)(=O)Cc1ccc(OC(F)(F)F)cc1. The Hall–Kier alpha value is -2.69. The molecule has 0 aliphatic carbocycles. The minimum absolute atomic E-state index is 0.129. The maximum atomic E-state index is 12.3. The van der Waals surface area contributed by atoms with E-state index in [1.807, 2.05) is 0 Å². The Bertz CT molecular complexity index is 851. The van der Waals surface area contributed by atoms with Crippen molar-refractivity contribution in [3.63, 3.8) is 0 Å². The molecule has 0 amide bonds. The molecule has 0 spiro atoms. The van der Waals surface area contributed by atoms with E-state index < -0.39 is 43.3 Å². The van der Waals surface area contributed by atoms with Gasteiger partial charge in [0.15, 0.2) is 0 Å². The average Bonchev–Trinajstić information content (AvgIpc) is 2.47. The molecule has 0 aliphatic heterocycles. The van der Waals surface area contributed by atoms with Gasteiger partial charge in [-0.2, -0.15) is 0 Å². The van der Waals surface area contributed by atoms with Crippen molar-refractivity contribution in [1.29, 1.82) is 0 Å². The zero-order valence-corrected chi connectivity index (χ0v) is 12.5. The molecule has 0 atom stereocenters. The maximum Gasteiger partial charge on any atom is 0.573 e. The fourth-order valence-electron chi connectivity index (χ4n) is 1.84. The highest BCUT2D eigenvalue weighted by Gasteiger charge is 2.31. The van der Waals surface area contributed by atoms with E-state index in [4.69, 9.17) is 0 Å². The maximum absolute atomic E-state index is 12.3. The number of alkyl halides is 3. The van der Waals surface area contributed by atoms with Crippen molar-refractivity contribution >= 4 is 15.5 Å². The number of sulfone groups is 1. The average molecular weight is 362 g/mol. The molecule has 2 aromatic rings. The van der Waals surface area contributed by atoms with E-state index in [2.05, 4.69) is 9.72 Å². The van der Waals surface area contributed by atoms with Crippen LogP contribution < -0.4 is 4.74 Å². The molecule has 0 unspecified atom stereocenters. The number of aromatic nitrogens is 1. The van der Waals surface area contributed by atoms with Crippen molar-refractivity contribution in [2.45, 2.75) is 17.1 Å². The van der Waals surface area contributed by atoms with E-state index in [1.54, 1.807) is 0 Å². The van der Waals surface area contributed by atoms with E-state index in [-0.39, 0.29) is 5.56 Å². The van der Waals surface area contributed by atoms with Crippen molar-refractivity contribution in [3.05, 3.63) is 58.3 Å². The lowest BCUT2D eigenvalue weighted by Crippen LogP contribution is -2.17. The van der Waals surface area contributed by atoms with Crippen molar-refractivity contribution in [2.75, 3.05) is 0 Å². The van der Waals surface area contributed by atoms with Crippen LogP contribution in [0.15, 0.2) is 47.6 Å². The van der Waals surface area contributed by atoms with Gasteiger partial charge in [0.05, 0.1) is 10.7 Å². The Morgan fingerprint density at radius 3 is 2.33 bits per heavy atom. The second kappa shape index (κ2) is 6.43. The minimum atomic E-state index is -4.86. The third-order valence-electron chi connectivity index (χ3n) is 2.76. The molecule has 0 N–H and O–H groups in total. The summed E-state index contributed by atoms with van der Waals surface area (Å²) in [6, 6.07) is 6.36. The number of pyridine rings is 1. The first kappa shape index (κ1) is 17.7. The van der Waals surface area contributed by atoms with Crippen LogP contribution in [0.25, 0.3) is 0 Å². The lowest BCUT2D eigenvalue weighted by Gasteiger charge is -2.09. The van der Waals surface area contributed by atoms with Crippen LogP contribution in [0.4, 0.5) is 18.9 Å². The quantitative estimate of drug-likeness (QED) is 0.599. The first-order valence-corrected chi connectivity index (χ1v) is 7.90. The Morgan fingerprint density at radius 2 is 1.79 bits per heavy atom. The van der Waals surface area contributed by atoms with Crippen LogP contribution in [0.1, 0.15) is 5.56 Å². The summed E-state index contributed by atoms with van der Waals surface area (Å²) in [5.74, 6) is -1.16. The Morgan fingerprint density at radius 1 is 1.17 bits per heavy atom. The predicted octanol–water partition coefficient (Wildman–Crippen LogP) is 2.86. The summed E-state index contributed by atoms with van der Waals surface area (Å²) < 4.78 is 64.4. The second-order valence-corrected chi connectivity index (χ2v) is 6.44. The largest absolute Gasteiger partial charge is 0.573 e. The van der Waals surface area contributed by atoms with Crippen LogP contribution in [0.2, 0.25) is 0 Å². The van der Waals surface area contributed by atoms with Gasteiger partial charge >= 0.3 is 12.0 Å². The van der Waals surface area contributed by atoms with Gasteiger partial charge in [-0.1, -0.05) is 12.1 Å². The van der Waals surface area contributed by atoms with Crippen molar-refractivity contribution in [1.82, 2.24) is 4.98 Å². The molecule has 24 heavy (non-hydrogen) atoms. The minimum Gasteiger partial charge on any atom is -0.406 e. The lowest BCUT2D eigenvalue weighted by molar-refractivity contribution is -0.388. The van der Waals surface area contributed by atoms with Crippen LogP contribution in [-0.4, -0.2) is 24.7 Å². The molecule has 1 aromatic heterocycles. The Labute approximate surface area is 133 Å². The number of nitro groups is 1. The number of halogens is 3. The number of nitrogens with zero attached hydrogens (tertiary/aromatic N) is 2. The molecule has 0 radical (unpaired) electrons. The van der Waals surface area contributed by atoms with Crippen molar-refractivity contribution < 1.29 is 31.2 Å². The molecular weight excluding hydrogens is 353 g/mol. The molecule has 0 bridgehead atoms. The summed E-state index contributed by atoms with van der Waals surface area (Å²) in [4.78, 5) is 13.5. The third kappa shape index (κ3) is 4.41. The molecular formula is C13H9F3N2O5S. The van der Waals surface area contributed by atoms with E-state index >= 15 is 0 Å². The molecule has 11 heteroatoms. The Kier molecular flexibility index (Phi) is 4.73. The van der Waals surface area contributed by atoms with Crippen LogP contribution >= 0.6 is 0 Å². The van der Waals surface area contributed by atoms with Gasteiger partial charge in [0.1, 0.15) is 5.75 Å². The molecule has 1 aromatic carbocycles. The number of rotatable bonds is 5. The highest BCUT2D eigenvalue weighted by Crippen LogP contribution is 2.26. The van der Waals surface area contributed by atoms with E-state index in [0.717, 1.165) is 36.5 Å². The van der Waals surface area contributed by atoms with E-state index in [1.165, 1.54) is 6.07 Å². The monoisotopic (exact) mass is 362 g/mol. The highest BCUT2D eigenvalue weighted by atomic mass is 32.2. The molecule has 0 fully saturated rings. The van der Waals surface area contributed by atoms with Crippen LogP contribution in [0.5, 0.6) is 5.75 Å². The molecule has 0 saturated heterocycles.